The third-order valence-corrected chi connectivity index (χ3v) is 4.57. The van der Waals surface area contributed by atoms with Gasteiger partial charge in [0, 0.05) is 50.6 Å². The molecule has 1 saturated carbocycles. The van der Waals surface area contributed by atoms with Gasteiger partial charge >= 0.3 is 0 Å². The van der Waals surface area contributed by atoms with Crippen molar-refractivity contribution >= 4 is 11.8 Å². The normalized spacial score (nSPS) is 18.1. The van der Waals surface area contributed by atoms with Crippen LogP contribution in [-0.4, -0.2) is 46.1 Å². The molecule has 8 heteroatoms. The zero-order chi connectivity index (χ0) is 17.4. The quantitative estimate of drug-likeness (QED) is 0.848. The second-order valence-corrected chi connectivity index (χ2v) is 6.62. The van der Waals surface area contributed by atoms with Crippen LogP contribution in [0.1, 0.15) is 42.3 Å². The van der Waals surface area contributed by atoms with Crippen molar-refractivity contribution in [1.29, 1.82) is 0 Å². The Hall–Kier alpha value is -2.38. The van der Waals surface area contributed by atoms with Crippen molar-refractivity contribution < 1.29 is 8.78 Å². The third kappa shape index (κ3) is 3.52. The summed E-state index contributed by atoms with van der Waals surface area (Å²) in [4.78, 5) is 21.4. The Balaban J connectivity index is 1.49. The van der Waals surface area contributed by atoms with Gasteiger partial charge in [-0.2, -0.15) is 0 Å². The molecule has 1 aliphatic carbocycles. The van der Waals surface area contributed by atoms with Crippen LogP contribution in [0.3, 0.4) is 0 Å². The van der Waals surface area contributed by atoms with Gasteiger partial charge in [0.05, 0.1) is 0 Å². The molecule has 1 aliphatic heterocycles. The van der Waals surface area contributed by atoms with Gasteiger partial charge in [-0.05, 0) is 25.3 Å². The summed E-state index contributed by atoms with van der Waals surface area (Å²) in [6, 6.07) is 1.43. The minimum Gasteiger partial charge on any atom is -0.353 e. The fourth-order valence-corrected chi connectivity index (χ4v) is 2.95. The van der Waals surface area contributed by atoms with Crippen molar-refractivity contribution in [3.63, 3.8) is 0 Å². The van der Waals surface area contributed by atoms with Gasteiger partial charge in [0.2, 0.25) is 5.95 Å². The number of hydrogen-bond donors (Lipinski definition) is 0. The molecule has 132 valence electrons. The lowest BCUT2D eigenvalue weighted by Crippen LogP contribution is -2.47. The minimum atomic E-state index is -2.57. The molecular formula is C17H20F2N6. The molecule has 2 fully saturated rings. The largest absolute Gasteiger partial charge is 0.353 e. The van der Waals surface area contributed by atoms with Crippen LogP contribution in [0, 0.1) is 6.92 Å². The molecule has 0 atom stereocenters. The van der Waals surface area contributed by atoms with E-state index in [4.69, 9.17) is 0 Å². The van der Waals surface area contributed by atoms with Crippen LogP contribution < -0.4 is 9.80 Å². The van der Waals surface area contributed by atoms with E-state index in [0.29, 0.717) is 30.7 Å². The van der Waals surface area contributed by atoms with Gasteiger partial charge in [-0.1, -0.05) is 0 Å². The summed E-state index contributed by atoms with van der Waals surface area (Å²) in [7, 11) is 0. The fraction of sp³-hybridized carbons (Fsp3) is 0.529. The summed E-state index contributed by atoms with van der Waals surface area (Å²) in [5.41, 5.74) is 0.853. The van der Waals surface area contributed by atoms with E-state index >= 15 is 0 Å². The third-order valence-electron chi connectivity index (χ3n) is 4.57. The highest BCUT2D eigenvalue weighted by Gasteiger charge is 2.29. The lowest BCUT2D eigenvalue weighted by atomic mass is 10.2. The highest BCUT2D eigenvalue weighted by molar-refractivity contribution is 5.44. The average Bonchev–Trinajstić information content (AvgIpc) is 3.47. The zero-order valence-electron chi connectivity index (χ0n) is 14.1. The summed E-state index contributed by atoms with van der Waals surface area (Å²) >= 11 is 0. The number of nitrogens with zero attached hydrogens (tertiary/aromatic N) is 6. The molecule has 4 rings (SSSR count). The van der Waals surface area contributed by atoms with Gasteiger partial charge in [0.25, 0.3) is 6.43 Å². The van der Waals surface area contributed by atoms with Crippen molar-refractivity contribution in [2.45, 2.75) is 32.1 Å². The lowest BCUT2D eigenvalue weighted by Gasteiger charge is -2.35. The predicted octanol–water partition coefficient (Wildman–Crippen LogP) is 2.72. The molecule has 6 nitrogen and oxygen atoms in total. The van der Waals surface area contributed by atoms with Gasteiger partial charge in [-0.25, -0.2) is 28.7 Å². The van der Waals surface area contributed by atoms with Gasteiger partial charge in [0.15, 0.2) is 0 Å². The van der Waals surface area contributed by atoms with Gasteiger partial charge in [-0.3, -0.25) is 0 Å². The molecule has 2 aromatic heterocycles. The molecule has 0 spiro atoms. The Bertz CT molecular complexity index is 719. The molecule has 3 heterocycles. The molecule has 1 saturated heterocycles. The van der Waals surface area contributed by atoms with E-state index in [1.165, 1.54) is 6.07 Å². The van der Waals surface area contributed by atoms with Crippen molar-refractivity contribution in [3.8, 4) is 0 Å². The fourth-order valence-electron chi connectivity index (χ4n) is 2.95. The second-order valence-electron chi connectivity index (χ2n) is 6.62. The summed E-state index contributed by atoms with van der Waals surface area (Å²) < 4.78 is 26.3. The number of halogens is 2. The summed E-state index contributed by atoms with van der Waals surface area (Å²) in [6.07, 6.45) is 3.02. The molecule has 0 unspecified atom stereocenters. The minimum absolute atomic E-state index is 0.170. The maximum Gasteiger partial charge on any atom is 0.280 e. The van der Waals surface area contributed by atoms with Crippen LogP contribution in [0.25, 0.3) is 0 Å². The standard InChI is InChI=1S/C17H20F2N6/c1-11-9-20-17(21-10-11)25-6-4-24(5-7-25)14-8-13(15(18)19)22-16(23-14)12-2-3-12/h8-10,12,15H,2-7H2,1H3. The Morgan fingerprint density at radius 3 is 2.24 bits per heavy atom. The SMILES string of the molecule is Cc1cnc(N2CCN(c3cc(C(F)F)nc(C4CC4)n3)CC2)nc1. The van der Waals surface area contributed by atoms with E-state index in [0.717, 1.165) is 31.5 Å². The molecular weight excluding hydrogens is 326 g/mol. The smallest absolute Gasteiger partial charge is 0.280 e. The Morgan fingerprint density at radius 1 is 1.00 bits per heavy atom. The average molecular weight is 346 g/mol. The molecule has 0 aromatic carbocycles. The monoisotopic (exact) mass is 346 g/mol. The van der Waals surface area contributed by atoms with Crippen molar-refractivity contribution in [2.75, 3.05) is 36.0 Å². The first-order valence-corrected chi connectivity index (χ1v) is 8.56. The topological polar surface area (TPSA) is 58.0 Å². The molecule has 2 aromatic rings. The first-order chi connectivity index (χ1) is 12.1. The first kappa shape index (κ1) is 16.1. The summed E-state index contributed by atoms with van der Waals surface area (Å²) in [5, 5.41) is 0. The van der Waals surface area contributed by atoms with Crippen LogP contribution in [0.5, 0.6) is 0 Å². The number of piperazine rings is 1. The van der Waals surface area contributed by atoms with Crippen molar-refractivity contribution in [3.05, 3.63) is 35.5 Å². The summed E-state index contributed by atoms with van der Waals surface area (Å²) in [5.74, 6) is 2.13. The van der Waals surface area contributed by atoms with Crippen LogP contribution >= 0.6 is 0 Å². The predicted molar refractivity (Wildman–Crippen MR) is 90.2 cm³/mol. The van der Waals surface area contributed by atoms with Gasteiger partial charge in [-0.15, -0.1) is 0 Å². The van der Waals surface area contributed by atoms with E-state index in [1.807, 2.05) is 11.8 Å². The Kier molecular flexibility index (Phi) is 4.19. The number of rotatable bonds is 4. The highest BCUT2D eigenvalue weighted by atomic mass is 19.3. The van der Waals surface area contributed by atoms with E-state index in [-0.39, 0.29) is 11.6 Å². The number of aromatic nitrogens is 4. The maximum absolute atomic E-state index is 13.2. The van der Waals surface area contributed by atoms with E-state index in [9.17, 15) is 8.78 Å². The number of hydrogen-bond acceptors (Lipinski definition) is 6. The first-order valence-electron chi connectivity index (χ1n) is 8.56. The summed E-state index contributed by atoms with van der Waals surface area (Å²) in [6.45, 7) is 4.81. The zero-order valence-corrected chi connectivity index (χ0v) is 14.1. The lowest BCUT2D eigenvalue weighted by molar-refractivity contribution is 0.145. The second kappa shape index (κ2) is 6.50. The molecule has 0 bridgehead atoms. The van der Waals surface area contributed by atoms with Crippen LogP contribution in [0.15, 0.2) is 18.5 Å². The molecule has 0 N–H and O–H groups in total. The van der Waals surface area contributed by atoms with Gasteiger partial charge in [0.1, 0.15) is 17.3 Å². The Labute approximate surface area is 144 Å². The number of aryl methyl sites for hydroxylation is 1. The Morgan fingerprint density at radius 2 is 1.64 bits per heavy atom. The van der Waals surface area contributed by atoms with E-state index < -0.39 is 6.43 Å². The van der Waals surface area contributed by atoms with Gasteiger partial charge < -0.3 is 9.80 Å². The molecule has 0 radical (unpaired) electrons. The van der Waals surface area contributed by atoms with E-state index in [2.05, 4.69) is 24.8 Å². The van der Waals surface area contributed by atoms with Crippen molar-refractivity contribution in [1.82, 2.24) is 19.9 Å². The van der Waals surface area contributed by atoms with Crippen molar-refractivity contribution in [2.24, 2.45) is 0 Å². The number of anilines is 2. The van der Waals surface area contributed by atoms with Crippen LogP contribution in [-0.2, 0) is 0 Å². The number of alkyl halides is 2. The van der Waals surface area contributed by atoms with Crippen LogP contribution in [0.4, 0.5) is 20.5 Å². The molecule has 25 heavy (non-hydrogen) atoms. The molecule has 0 amide bonds. The van der Waals surface area contributed by atoms with Crippen LogP contribution in [0.2, 0.25) is 0 Å². The highest BCUT2D eigenvalue weighted by Crippen LogP contribution is 2.39. The van der Waals surface area contributed by atoms with E-state index in [1.54, 1.807) is 12.4 Å². The maximum atomic E-state index is 13.2. The molecule has 2 aliphatic rings.